The maximum atomic E-state index is 13.6. The van der Waals surface area contributed by atoms with Crippen LogP contribution in [0.3, 0.4) is 0 Å². The number of hydrogen-bond acceptors (Lipinski definition) is 4. The van der Waals surface area contributed by atoms with Crippen LogP contribution >= 0.6 is 0 Å². The van der Waals surface area contributed by atoms with E-state index in [0.29, 0.717) is 13.1 Å². The first-order valence-electron chi connectivity index (χ1n) is 9.74. The zero-order valence-corrected chi connectivity index (χ0v) is 17.2. The Balaban J connectivity index is 1.80. The topological polar surface area (TPSA) is 66.3 Å². The molecule has 0 unspecified atom stereocenters. The number of guanidine groups is 1. The standard InChI is InChI=1S/C22H28FN3O3/c1-4-24-22(25-12-15-5-6-19(23)18(9-15)14-27)26-8-7-16-10-20(28-2)21(29-3)11-17(16)13-26/h5-6,9-11,27H,4,7-8,12-14H2,1-3H3,(H,24,25). The molecule has 2 N–H and O–H groups in total. The number of ether oxygens (including phenoxy) is 2. The Hall–Kier alpha value is -2.80. The lowest BCUT2D eigenvalue weighted by Gasteiger charge is -2.32. The number of aliphatic hydroxyl groups is 1. The molecule has 6 nitrogen and oxygen atoms in total. The van der Waals surface area contributed by atoms with E-state index in [1.807, 2.05) is 19.1 Å². The van der Waals surface area contributed by atoms with E-state index < -0.39 is 5.82 Å². The molecule has 7 heteroatoms. The van der Waals surface area contributed by atoms with Gasteiger partial charge in [0.15, 0.2) is 17.5 Å². The van der Waals surface area contributed by atoms with Crippen molar-refractivity contribution >= 4 is 5.96 Å². The second kappa shape index (κ2) is 9.60. The number of halogens is 1. The van der Waals surface area contributed by atoms with Gasteiger partial charge in [0.1, 0.15) is 5.82 Å². The van der Waals surface area contributed by atoms with E-state index in [1.165, 1.54) is 17.2 Å². The molecule has 0 atom stereocenters. The summed E-state index contributed by atoms with van der Waals surface area (Å²) in [4.78, 5) is 6.94. The Kier molecular flexibility index (Phi) is 6.93. The van der Waals surface area contributed by atoms with Crippen LogP contribution in [0.4, 0.5) is 4.39 Å². The number of rotatable bonds is 6. The van der Waals surface area contributed by atoms with Gasteiger partial charge < -0.3 is 24.8 Å². The van der Waals surface area contributed by atoms with Gasteiger partial charge in [-0.3, -0.25) is 0 Å². The van der Waals surface area contributed by atoms with E-state index in [1.54, 1.807) is 26.4 Å². The molecule has 0 fully saturated rings. The van der Waals surface area contributed by atoms with Gasteiger partial charge in [0.25, 0.3) is 0 Å². The molecule has 2 aromatic rings. The van der Waals surface area contributed by atoms with Gasteiger partial charge in [-0.25, -0.2) is 9.38 Å². The van der Waals surface area contributed by atoms with Gasteiger partial charge in [0.05, 0.1) is 27.4 Å². The first-order valence-corrected chi connectivity index (χ1v) is 9.74. The van der Waals surface area contributed by atoms with E-state index in [9.17, 15) is 9.50 Å². The zero-order chi connectivity index (χ0) is 20.8. The summed E-state index contributed by atoms with van der Waals surface area (Å²) in [7, 11) is 3.28. The predicted octanol–water partition coefficient (Wildman–Crippen LogP) is 2.86. The number of aliphatic hydroxyl groups excluding tert-OH is 1. The van der Waals surface area contributed by atoms with E-state index in [4.69, 9.17) is 14.5 Å². The summed E-state index contributed by atoms with van der Waals surface area (Å²) in [5.41, 5.74) is 3.58. The van der Waals surface area contributed by atoms with Gasteiger partial charge in [0, 0.05) is 25.2 Å². The Morgan fingerprint density at radius 2 is 1.90 bits per heavy atom. The van der Waals surface area contributed by atoms with Crippen LogP contribution < -0.4 is 14.8 Å². The van der Waals surface area contributed by atoms with Gasteiger partial charge in [-0.2, -0.15) is 0 Å². The van der Waals surface area contributed by atoms with Gasteiger partial charge in [0.2, 0.25) is 0 Å². The first-order chi connectivity index (χ1) is 14.1. The molecule has 0 radical (unpaired) electrons. The van der Waals surface area contributed by atoms with Gasteiger partial charge in [-0.05, 0) is 54.3 Å². The second-order valence-electron chi connectivity index (χ2n) is 6.90. The highest BCUT2D eigenvalue weighted by molar-refractivity contribution is 5.80. The number of nitrogens with one attached hydrogen (secondary N) is 1. The molecule has 0 amide bonds. The van der Waals surface area contributed by atoms with Crippen molar-refractivity contribution in [3.05, 3.63) is 58.4 Å². The smallest absolute Gasteiger partial charge is 0.194 e. The number of methoxy groups -OCH3 is 2. The van der Waals surface area contributed by atoms with Gasteiger partial charge in [-0.1, -0.05) is 6.07 Å². The van der Waals surface area contributed by atoms with Crippen molar-refractivity contribution in [2.45, 2.75) is 33.0 Å². The fourth-order valence-electron chi connectivity index (χ4n) is 3.50. The molecule has 0 aromatic heterocycles. The Morgan fingerprint density at radius 3 is 2.55 bits per heavy atom. The van der Waals surface area contributed by atoms with Crippen LogP contribution in [-0.2, 0) is 26.1 Å². The third-order valence-electron chi connectivity index (χ3n) is 5.04. The van der Waals surface area contributed by atoms with Crippen molar-refractivity contribution in [3.8, 4) is 11.5 Å². The number of benzene rings is 2. The largest absolute Gasteiger partial charge is 0.493 e. The van der Waals surface area contributed by atoms with Crippen LogP contribution in [0, 0.1) is 5.82 Å². The molecule has 0 saturated carbocycles. The minimum Gasteiger partial charge on any atom is -0.493 e. The van der Waals surface area contributed by atoms with E-state index in [2.05, 4.69) is 10.2 Å². The molecular weight excluding hydrogens is 373 g/mol. The van der Waals surface area contributed by atoms with Crippen molar-refractivity contribution in [1.82, 2.24) is 10.2 Å². The lowest BCUT2D eigenvalue weighted by Crippen LogP contribution is -2.44. The van der Waals surface area contributed by atoms with Crippen LogP contribution in [0.25, 0.3) is 0 Å². The molecule has 156 valence electrons. The molecular formula is C22H28FN3O3. The average Bonchev–Trinajstić information content (AvgIpc) is 2.76. The minimum absolute atomic E-state index is 0.288. The highest BCUT2D eigenvalue weighted by Gasteiger charge is 2.21. The lowest BCUT2D eigenvalue weighted by atomic mass is 9.99. The number of hydrogen-bond donors (Lipinski definition) is 2. The quantitative estimate of drug-likeness (QED) is 0.576. The molecule has 1 heterocycles. The molecule has 0 aliphatic carbocycles. The summed E-state index contributed by atoms with van der Waals surface area (Å²) in [5, 5.41) is 12.6. The van der Waals surface area contributed by atoms with E-state index in [0.717, 1.165) is 42.5 Å². The molecule has 1 aliphatic heterocycles. The summed E-state index contributed by atoms with van der Waals surface area (Å²) in [5.74, 6) is 1.88. The minimum atomic E-state index is -0.399. The molecule has 2 aromatic carbocycles. The maximum absolute atomic E-state index is 13.6. The van der Waals surface area contributed by atoms with E-state index >= 15 is 0 Å². The molecule has 29 heavy (non-hydrogen) atoms. The SMILES string of the molecule is CCNC(=NCc1ccc(F)c(CO)c1)N1CCc2cc(OC)c(OC)cc2C1. The zero-order valence-electron chi connectivity index (χ0n) is 17.2. The van der Waals surface area contributed by atoms with Crippen molar-refractivity contribution in [3.63, 3.8) is 0 Å². The van der Waals surface area contributed by atoms with Crippen LogP contribution in [0.15, 0.2) is 35.3 Å². The van der Waals surface area contributed by atoms with Crippen LogP contribution in [0.5, 0.6) is 11.5 Å². The van der Waals surface area contributed by atoms with Gasteiger partial charge in [-0.15, -0.1) is 0 Å². The van der Waals surface area contributed by atoms with Crippen molar-refractivity contribution in [2.75, 3.05) is 27.3 Å². The monoisotopic (exact) mass is 401 g/mol. The lowest BCUT2D eigenvalue weighted by molar-refractivity contribution is 0.275. The molecule has 1 aliphatic rings. The fourth-order valence-corrected chi connectivity index (χ4v) is 3.50. The van der Waals surface area contributed by atoms with Gasteiger partial charge >= 0.3 is 0 Å². The average molecular weight is 401 g/mol. The maximum Gasteiger partial charge on any atom is 0.194 e. The predicted molar refractivity (Wildman–Crippen MR) is 111 cm³/mol. The van der Waals surface area contributed by atoms with Crippen LogP contribution in [0.1, 0.15) is 29.2 Å². The molecule has 3 rings (SSSR count). The summed E-state index contributed by atoms with van der Waals surface area (Å²) in [6.45, 7) is 4.41. The number of fused-ring (bicyclic) bond motifs is 1. The van der Waals surface area contributed by atoms with E-state index in [-0.39, 0.29) is 12.2 Å². The summed E-state index contributed by atoms with van der Waals surface area (Å²) in [6, 6.07) is 8.80. The normalized spacial score (nSPS) is 13.8. The Labute approximate surface area is 171 Å². The van der Waals surface area contributed by atoms with Crippen molar-refractivity contribution < 1.29 is 19.0 Å². The third kappa shape index (κ3) is 4.79. The summed E-state index contributed by atoms with van der Waals surface area (Å²) >= 11 is 0. The Morgan fingerprint density at radius 1 is 1.17 bits per heavy atom. The molecule has 0 saturated heterocycles. The number of aliphatic imine (C=N–C) groups is 1. The molecule has 0 bridgehead atoms. The van der Waals surface area contributed by atoms with Crippen LogP contribution in [-0.4, -0.2) is 43.3 Å². The summed E-state index contributed by atoms with van der Waals surface area (Å²) < 4.78 is 24.5. The Bertz CT molecular complexity index is 886. The number of nitrogens with zero attached hydrogens (tertiary/aromatic N) is 2. The fraction of sp³-hybridized carbons (Fsp3) is 0.409. The first kappa shape index (κ1) is 20.9. The molecule has 0 spiro atoms. The third-order valence-corrected chi connectivity index (χ3v) is 5.04. The van der Waals surface area contributed by atoms with Crippen LogP contribution in [0.2, 0.25) is 0 Å². The van der Waals surface area contributed by atoms with Crippen molar-refractivity contribution in [1.29, 1.82) is 0 Å². The van der Waals surface area contributed by atoms with Crippen molar-refractivity contribution in [2.24, 2.45) is 4.99 Å². The highest BCUT2D eigenvalue weighted by atomic mass is 19.1. The summed E-state index contributed by atoms with van der Waals surface area (Å²) in [6.07, 6.45) is 0.880. The second-order valence-corrected chi connectivity index (χ2v) is 6.90. The highest BCUT2D eigenvalue weighted by Crippen LogP contribution is 2.33.